The summed E-state index contributed by atoms with van der Waals surface area (Å²) in [5.74, 6) is 0. The van der Waals surface area contributed by atoms with Crippen LogP contribution in [0.1, 0.15) is 24.0 Å². The van der Waals surface area contributed by atoms with Crippen molar-refractivity contribution in [2.24, 2.45) is 5.73 Å². The predicted octanol–water partition coefficient (Wildman–Crippen LogP) is 1.76. The second-order valence-electron chi connectivity index (χ2n) is 4.76. The molecule has 1 fully saturated rings. The molecule has 1 heterocycles. The van der Waals surface area contributed by atoms with Gasteiger partial charge in [0, 0.05) is 26.7 Å². The number of ether oxygens (including phenoxy) is 1. The van der Waals surface area contributed by atoms with Gasteiger partial charge < -0.3 is 10.5 Å². The van der Waals surface area contributed by atoms with Crippen LogP contribution in [0.15, 0.2) is 24.3 Å². The average Bonchev–Trinajstić information content (AvgIpc) is 2.40. The third-order valence-corrected chi connectivity index (χ3v) is 3.46. The summed E-state index contributed by atoms with van der Waals surface area (Å²) in [5, 5.41) is 0. The van der Waals surface area contributed by atoms with Gasteiger partial charge in [-0.3, -0.25) is 4.90 Å². The maximum atomic E-state index is 5.59. The predicted molar refractivity (Wildman–Crippen MR) is 69.6 cm³/mol. The van der Waals surface area contributed by atoms with E-state index in [1.807, 2.05) is 7.11 Å². The summed E-state index contributed by atoms with van der Waals surface area (Å²) in [6.45, 7) is 3.87. The second kappa shape index (κ2) is 6.15. The highest BCUT2D eigenvalue weighted by Crippen LogP contribution is 2.15. The Bertz CT molecular complexity index is 337. The zero-order valence-corrected chi connectivity index (χ0v) is 10.6. The SMILES string of the molecule is COC1CCCN(Cc2ccc(CN)cc2)C1. The van der Waals surface area contributed by atoms with Gasteiger partial charge in [-0.15, -0.1) is 0 Å². The lowest BCUT2D eigenvalue weighted by Gasteiger charge is -2.31. The lowest BCUT2D eigenvalue weighted by atomic mass is 10.1. The Morgan fingerprint density at radius 3 is 2.65 bits per heavy atom. The number of nitrogens with zero attached hydrogens (tertiary/aromatic N) is 1. The Hall–Kier alpha value is -0.900. The monoisotopic (exact) mass is 234 g/mol. The first kappa shape index (κ1) is 12.6. The summed E-state index contributed by atoms with van der Waals surface area (Å²) in [6.07, 6.45) is 2.84. The van der Waals surface area contributed by atoms with Gasteiger partial charge >= 0.3 is 0 Å². The van der Waals surface area contributed by atoms with Gasteiger partial charge in [0.25, 0.3) is 0 Å². The second-order valence-corrected chi connectivity index (χ2v) is 4.76. The van der Waals surface area contributed by atoms with E-state index in [9.17, 15) is 0 Å². The van der Waals surface area contributed by atoms with Gasteiger partial charge in [0.1, 0.15) is 0 Å². The third kappa shape index (κ3) is 3.53. The Morgan fingerprint density at radius 1 is 1.29 bits per heavy atom. The molecule has 94 valence electrons. The van der Waals surface area contributed by atoms with Gasteiger partial charge in [-0.1, -0.05) is 24.3 Å². The first-order chi connectivity index (χ1) is 8.31. The minimum Gasteiger partial charge on any atom is -0.380 e. The molecule has 1 aromatic carbocycles. The molecule has 3 nitrogen and oxygen atoms in total. The number of hydrogen-bond acceptors (Lipinski definition) is 3. The van der Waals surface area contributed by atoms with Crippen LogP contribution in [0.2, 0.25) is 0 Å². The molecule has 1 aliphatic rings. The molecular formula is C14H22N2O. The van der Waals surface area contributed by atoms with Crippen LogP contribution in [-0.4, -0.2) is 31.2 Å². The normalized spacial score (nSPS) is 21.6. The molecule has 2 rings (SSSR count). The van der Waals surface area contributed by atoms with Crippen molar-refractivity contribution in [2.45, 2.75) is 32.0 Å². The van der Waals surface area contributed by atoms with Gasteiger partial charge in [-0.2, -0.15) is 0 Å². The van der Waals surface area contributed by atoms with Gasteiger partial charge in [0.05, 0.1) is 6.10 Å². The van der Waals surface area contributed by atoms with Crippen molar-refractivity contribution in [1.29, 1.82) is 0 Å². The fourth-order valence-corrected chi connectivity index (χ4v) is 2.39. The fraction of sp³-hybridized carbons (Fsp3) is 0.571. The first-order valence-corrected chi connectivity index (χ1v) is 6.35. The molecule has 17 heavy (non-hydrogen) atoms. The van der Waals surface area contributed by atoms with E-state index in [-0.39, 0.29) is 0 Å². The zero-order chi connectivity index (χ0) is 12.1. The molecule has 0 bridgehead atoms. The van der Waals surface area contributed by atoms with Crippen LogP contribution in [0.25, 0.3) is 0 Å². The third-order valence-electron chi connectivity index (χ3n) is 3.46. The van der Waals surface area contributed by atoms with E-state index < -0.39 is 0 Å². The summed E-state index contributed by atoms with van der Waals surface area (Å²) >= 11 is 0. The van der Waals surface area contributed by atoms with Crippen molar-refractivity contribution in [3.8, 4) is 0 Å². The van der Waals surface area contributed by atoms with Gasteiger partial charge in [0.15, 0.2) is 0 Å². The minimum atomic E-state index is 0.409. The van der Waals surface area contributed by atoms with E-state index >= 15 is 0 Å². The number of rotatable bonds is 4. The molecule has 0 spiro atoms. The summed E-state index contributed by atoms with van der Waals surface area (Å²) in [6, 6.07) is 8.59. The summed E-state index contributed by atoms with van der Waals surface area (Å²) in [4.78, 5) is 2.47. The van der Waals surface area contributed by atoms with Crippen LogP contribution in [0.4, 0.5) is 0 Å². The number of hydrogen-bond donors (Lipinski definition) is 1. The average molecular weight is 234 g/mol. The van der Waals surface area contributed by atoms with Crippen molar-refractivity contribution in [1.82, 2.24) is 4.90 Å². The summed E-state index contributed by atoms with van der Waals surface area (Å²) in [7, 11) is 1.81. The maximum absolute atomic E-state index is 5.59. The number of benzene rings is 1. The Balaban J connectivity index is 1.90. The van der Waals surface area contributed by atoms with Crippen LogP contribution in [0, 0.1) is 0 Å². The smallest absolute Gasteiger partial charge is 0.0698 e. The van der Waals surface area contributed by atoms with Crippen LogP contribution < -0.4 is 5.73 Å². The first-order valence-electron chi connectivity index (χ1n) is 6.35. The topological polar surface area (TPSA) is 38.5 Å². The summed E-state index contributed by atoms with van der Waals surface area (Å²) < 4.78 is 5.44. The van der Waals surface area contributed by atoms with Gasteiger partial charge in [0.2, 0.25) is 0 Å². The molecule has 0 aliphatic carbocycles. The molecular weight excluding hydrogens is 212 g/mol. The van der Waals surface area contributed by atoms with Crippen molar-refractivity contribution < 1.29 is 4.74 Å². The van der Waals surface area contributed by atoms with Crippen molar-refractivity contribution in [2.75, 3.05) is 20.2 Å². The van der Waals surface area contributed by atoms with Crippen molar-refractivity contribution in [3.63, 3.8) is 0 Å². The molecule has 2 N–H and O–H groups in total. The number of likely N-dealkylation sites (tertiary alicyclic amines) is 1. The lowest BCUT2D eigenvalue weighted by Crippen LogP contribution is -2.38. The summed E-state index contributed by atoms with van der Waals surface area (Å²) in [5.41, 5.74) is 8.15. The lowest BCUT2D eigenvalue weighted by molar-refractivity contribution is 0.0285. The highest BCUT2D eigenvalue weighted by Gasteiger charge is 2.19. The highest BCUT2D eigenvalue weighted by atomic mass is 16.5. The molecule has 0 aromatic heterocycles. The molecule has 0 saturated carbocycles. The Morgan fingerprint density at radius 2 is 2.00 bits per heavy atom. The minimum absolute atomic E-state index is 0.409. The molecule has 1 unspecified atom stereocenters. The van der Waals surface area contributed by atoms with Gasteiger partial charge in [-0.05, 0) is 30.5 Å². The molecule has 3 heteroatoms. The van der Waals surface area contributed by atoms with Gasteiger partial charge in [-0.25, -0.2) is 0 Å². The largest absolute Gasteiger partial charge is 0.380 e. The van der Waals surface area contributed by atoms with E-state index in [1.165, 1.54) is 30.5 Å². The van der Waals surface area contributed by atoms with Crippen LogP contribution >= 0.6 is 0 Å². The fourth-order valence-electron chi connectivity index (χ4n) is 2.39. The van der Waals surface area contributed by atoms with E-state index in [1.54, 1.807) is 0 Å². The molecule has 1 aliphatic heterocycles. The molecule has 0 radical (unpaired) electrons. The van der Waals surface area contributed by atoms with Crippen molar-refractivity contribution in [3.05, 3.63) is 35.4 Å². The highest BCUT2D eigenvalue weighted by molar-refractivity contribution is 5.22. The number of methoxy groups -OCH3 is 1. The van der Waals surface area contributed by atoms with E-state index in [2.05, 4.69) is 29.2 Å². The Labute approximate surface area is 104 Å². The van der Waals surface area contributed by atoms with Crippen molar-refractivity contribution >= 4 is 0 Å². The molecule has 1 atom stereocenters. The molecule has 1 aromatic rings. The number of nitrogens with two attached hydrogens (primary N) is 1. The van der Waals surface area contributed by atoms with E-state index in [0.717, 1.165) is 13.1 Å². The maximum Gasteiger partial charge on any atom is 0.0698 e. The zero-order valence-electron chi connectivity index (χ0n) is 10.6. The van der Waals surface area contributed by atoms with Crippen LogP contribution in [0.3, 0.4) is 0 Å². The molecule has 0 amide bonds. The van der Waals surface area contributed by atoms with Crippen LogP contribution in [-0.2, 0) is 17.8 Å². The Kier molecular flexibility index (Phi) is 4.54. The quantitative estimate of drug-likeness (QED) is 0.862. The van der Waals surface area contributed by atoms with E-state index in [4.69, 9.17) is 10.5 Å². The standard InChI is InChI=1S/C14H22N2O/c1-17-14-3-2-8-16(11-14)10-13-6-4-12(9-15)5-7-13/h4-7,14H,2-3,8-11,15H2,1H3. The number of piperidine rings is 1. The van der Waals surface area contributed by atoms with Crippen LogP contribution in [0.5, 0.6) is 0 Å². The molecule has 1 saturated heterocycles. The van der Waals surface area contributed by atoms with E-state index in [0.29, 0.717) is 12.6 Å².